The number of nitrogen functional groups attached to an aromatic ring is 1. The maximum absolute atomic E-state index is 11.5. The standard InChI is InChI=1S/C11H18N6O/c1-7-14-9(16-13)6-10(15-7)17-5-3-2-4-8(17)11(12)18/h6,8H,2-5,13H2,1H3,(H2,12,18)(H,14,15,16). The van der Waals surface area contributed by atoms with E-state index in [9.17, 15) is 4.79 Å². The predicted molar refractivity (Wildman–Crippen MR) is 68.8 cm³/mol. The molecule has 0 saturated carbocycles. The van der Waals surface area contributed by atoms with Crippen molar-refractivity contribution in [1.29, 1.82) is 0 Å². The van der Waals surface area contributed by atoms with E-state index in [2.05, 4.69) is 15.4 Å². The Hall–Kier alpha value is -1.89. The summed E-state index contributed by atoms with van der Waals surface area (Å²) < 4.78 is 0. The molecular formula is C11H18N6O. The van der Waals surface area contributed by atoms with Crippen molar-refractivity contribution >= 4 is 17.5 Å². The third kappa shape index (κ3) is 2.51. The molecule has 0 aliphatic carbocycles. The minimum absolute atomic E-state index is 0.293. The molecular weight excluding hydrogens is 232 g/mol. The molecule has 0 spiro atoms. The summed E-state index contributed by atoms with van der Waals surface area (Å²) in [7, 11) is 0. The number of nitrogens with zero attached hydrogens (tertiary/aromatic N) is 3. The largest absolute Gasteiger partial charge is 0.368 e. The number of aromatic nitrogens is 2. The number of carbonyl (C=O) groups is 1. The zero-order valence-corrected chi connectivity index (χ0v) is 10.4. The number of nitrogens with two attached hydrogens (primary N) is 2. The number of carbonyl (C=O) groups excluding carboxylic acids is 1. The van der Waals surface area contributed by atoms with Gasteiger partial charge in [0.25, 0.3) is 0 Å². The molecule has 1 aliphatic rings. The molecule has 1 amide bonds. The summed E-state index contributed by atoms with van der Waals surface area (Å²) in [5, 5.41) is 0. The molecule has 0 radical (unpaired) electrons. The van der Waals surface area contributed by atoms with E-state index in [1.165, 1.54) is 0 Å². The zero-order valence-electron chi connectivity index (χ0n) is 10.4. The van der Waals surface area contributed by atoms with Gasteiger partial charge in [0, 0.05) is 12.6 Å². The van der Waals surface area contributed by atoms with Gasteiger partial charge in [0.05, 0.1) is 0 Å². The van der Waals surface area contributed by atoms with Crippen LogP contribution in [0.1, 0.15) is 25.1 Å². The molecule has 0 aromatic carbocycles. The van der Waals surface area contributed by atoms with E-state index in [0.29, 0.717) is 17.5 Å². The van der Waals surface area contributed by atoms with Crippen molar-refractivity contribution in [1.82, 2.24) is 9.97 Å². The normalized spacial score (nSPS) is 19.7. The van der Waals surface area contributed by atoms with Gasteiger partial charge in [0.15, 0.2) is 0 Å². The smallest absolute Gasteiger partial charge is 0.240 e. The molecule has 1 atom stereocenters. The first-order valence-corrected chi connectivity index (χ1v) is 6.00. The van der Waals surface area contributed by atoms with Gasteiger partial charge in [-0.05, 0) is 26.2 Å². The number of hydrogen-bond acceptors (Lipinski definition) is 6. The number of rotatable bonds is 3. The number of aryl methyl sites for hydroxylation is 1. The van der Waals surface area contributed by atoms with Crippen LogP contribution in [0.25, 0.3) is 0 Å². The second-order valence-electron chi connectivity index (χ2n) is 4.41. The molecule has 18 heavy (non-hydrogen) atoms. The highest BCUT2D eigenvalue weighted by molar-refractivity contribution is 5.83. The van der Waals surface area contributed by atoms with E-state index >= 15 is 0 Å². The van der Waals surface area contributed by atoms with Crippen molar-refractivity contribution < 1.29 is 4.79 Å². The fourth-order valence-corrected chi connectivity index (χ4v) is 2.27. The monoisotopic (exact) mass is 250 g/mol. The number of nitrogens with one attached hydrogen (secondary N) is 1. The van der Waals surface area contributed by atoms with Crippen LogP contribution in [0.2, 0.25) is 0 Å². The van der Waals surface area contributed by atoms with E-state index in [4.69, 9.17) is 11.6 Å². The Labute approximate surface area is 106 Å². The van der Waals surface area contributed by atoms with Crippen molar-refractivity contribution in [3.63, 3.8) is 0 Å². The Morgan fingerprint density at radius 2 is 2.28 bits per heavy atom. The molecule has 0 bridgehead atoms. The minimum Gasteiger partial charge on any atom is -0.368 e. The van der Waals surface area contributed by atoms with E-state index in [1.807, 2.05) is 4.90 Å². The lowest BCUT2D eigenvalue weighted by molar-refractivity contribution is -0.119. The molecule has 5 N–H and O–H groups in total. The highest BCUT2D eigenvalue weighted by Crippen LogP contribution is 2.24. The maximum Gasteiger partial charge on any atom is 0.240 e. The van der Waals surface area contributed by atoms with Crippen molar-refractivity contribution in [2.24, 2.45) is 11.6 Å². The van der Waals surface area contributed by atoms with Crippen molar-refractivity contribution in [2.75, 3.05) is 16.9 Å². The van der Waals surface area contributed by atoms with E-state index in [-0.39, 0.29) is 11.9 Å². The number of anilines is 2. The first-order valence-electron chi connectivity index (χ1n) is 6.00. The van der Waals surface area contributed by atoms with Gasteiger partial charge in [-0.3, -0.25) is 4.79 Å². The summed E-state index contributed by atoms with van der Waals surface area (Å²) in [6.45, 7) is 2.56. The van der Waals surface area contributed by atoms with Crippen molar-refractivity contribution in [3.05, 3.63) is 11.9 Å². The topological polar surface area (TPSA) is 110 Å². The van der Waals surface area contributed by atoms with Crippen molar-refractivity contribution in [3.8, 4) is 0 Å². The molecule has 1 unspecified atom stereocenters. The predicted octanol–water partition coefficient (Wildman–Crippen LogP) is -0.0852. The van der Waals surface area contributed by atoms with E-state index in [0.717, 1.165) is 25.8 Å². The van der Waals surface area contributed by atoms with Crippen molar-refractivity contribution in [2.45, 2.75) is 32.2 Å². The second-order valence-corrected chi connectivity index (χ2v) is 4.41. The lowest BCUT2D eigenvalue weighted by Gasteiger charge is -2.34. The summed E-state index contributed by atoms with van der Waals surface area (Å²) in [5.41, 5.74) is 7.94. The third-order valence-electron chi connectivity index (χ3n) is 3.10. The van der Waals surface area contributed by atoms with Gasteiger partial charge >= 0.3 is 0 Å². The zero-order chi connectivity index (χ0) is 13.1. The molecule has 1 fully saturated rings. The van der Waals surface area contributed by atoms with Crippen LogP contribution in [0.5, 0.6) is 0 Å². The maximum atomic E-state index is 11.5. The van der Waals surface area contributed by atoms with Crippen LogP contribution >= 0.6 is 0 Å². The van der Waals surface area contributed by atoms with Crippen LogP contribution in [0, 0.1) is 6.92 Å². The van der Waals surface area contributed by atoms with Gasteiger partial charge < -0.3 is 16.1 Å². The first-order chi connectivity index (χ1) is 8.61. The van der Waals surface area contributed by atoms with Gasteiger partial charge in [-0.25, -0.2) is 15.8 Å². The molecule has 1 aromatic heterocycles. The fraction of sp³-hybridized carbons (Fsp3) is 0.545. The summed E-state index contributed by atoms with van der Waals surface area (Å²) >= 11 is 0. The van der Waals surface area contributed by atoms with E-state index < -0.39 is 0 Å². The van der Waals surface area contributed by atoms with Gasteiger partial charge in [-0.2, -0.15) is 0 Å². The Balaban J connectivity index is 2.33. The van der Waals surface area contributed by atoms with Crippen LogP contribution in [-0.2, 0) is 4.79 Å². The summed E-state index contributed by atoms with van der Waals surface area (Å²) in [6, 6.07) is 1.44. The SMILES string of the molecule is Cc1nc(NN)cc(N2CCCCC2C(N)=O)n1. The molecule has 7 heteroatoms. The van der Waals surface area contributed by atoms with Gasteiger partial charge in [-0.15, -0.1) is 0 Å². The molecule has 2 rings (SSSR count). The number of amides is 1. The third-order valence-corrected chi connectivity index (χ3v) is 3.10. The molecule has 2 heterocycles. The quantitative estimate of drug-likeness (QED) is 0.511. The van der Waals surface area contributed by atoms with Gasteiger partial charge in [0.1, 0.15) is 23.5 Å². The number of hydrogen-bond donors (Lipinski definition) is 3. The summed E-state index contributed by atoms with van der Waals surface area (Å²) in [6.07, 6.45) is 2.80. The van der Waals surface area contributed by atoms with Crippen LogP contribution < -0.4 is 21.9 Å². The first kappa shape index (κ1) is 12.6. The Morgan fingerprint density at radius 3 is 2.94 bits per heavy atom. The molecule has 1 aromatic rings. The van der Waals surface area contributed by atoms with E-state index in [1.54, 1.807) is 13.0 Å². The second kappa shape index (κ2) is 5.18. The van der Waals surface area contributed by atoms with Crippen LogP contribution in [0.3, 0.4) is 0 Å². The molecule has 98 valence electrons. The highest BCUT2D eigenvalue weighted by atomic mass is 16.1. The number of piperidine rings is 1. The molecule has 1 saturated heterocycles. The van der Waals surface area contributed by atoms with Gasteiger partial charge in [-0.1, -0.05) is 0 Å². The van der Waals surface area contributed by atoms with Crippen LogP contribution in [0.15, 0.2) is 6.07 Å². The average molecular weight is 250 g/mol. The summed E-state index contributed by atoms with van der Waals surface area (Å²) in [5.74, 6) is 6.88. The number of hydrazine groups is 1. The Morgan fingerprint density at radius 1 is 1.50 bits per heavy atom. The fourth-order valence-electron chi connectivity index (χ4n) is 2.27. The lowest BCUT2D eigenvalue weighted by atomic mass is 10.0. The lowest BCUT2D eigenvalue weighted by Crippen LogP contribution is -2.48. The Kier molecular flexibility index (Phi) is 3.61. The van der Waals surface area contributed by atoms with Crippen LogP contribution in [-0.4, -0.2) is 28.5 Å². The Bertz CT molecular complexity index is 449. The highest BCUT2D eigenvalue weighted by Gasteiger charge is 2.28. The molecule has 7 nitrogen and oxygen atoms in total. The average Bonchev–Trinajstić information content (AvgIpc) is 2.38. The molecule has 1 aliphatic heterocycles. The van der Waals surface area contributed by atoms with Gasteiger partial charge in [0.2, 0.25) is 5.91 Å². The summed E-state index contributed by atoms with van der Waals surface area (Å²) in [4.78, 5) is 21.9. The number of primary amides is 1. The van der Waals surface area contributed by atoms with Crippen LogP contribution in [0.4, 0.5) is 11.6 Å². The minimum atomic E-state index is -0.312.